The Kier molecular flexibility index (Phi) is 6.05. The molecule has 5 nitrogen and oxygen atoms in total. The topological polar surface area (TPSA) is 68.5 Å². The fourth-order valence-corrected chi connectivity index (χ4v) is 2.99. The minimum atomic E-state index is -0.0200. The van der Waals surface area contributed by atoms with E-state index in [1.165, 1.54) is 24.6 Å². The van der Waals surface area contributed by atoms with Crippen LogP contribution >= 0.6 is 11.8 Å². The van der Waals surface area contributed by atoms with Crippen molar-refractivity contribution in [1.82, 2.24) is 5.32 Å². The molecular formula is C17H22N4OS. The number of rotatable bonds is 3. The predicted octanol–water partition coefficient (Wildman–Crippen LogP) is 3.55. The third-order valence-electron chi connectivity index (χ3n) is 4.09. The average Bonchev–Trinajstić information content (AvgIpc) is 2.55. The number of thioether (sulfide) groups is 1. The van der Waals surface area contributed by atoms with Crippen molar-refractivity contribution in [2.24, 2.45) is 10.9 Å². The summed E-state index contributed by atoms with van der Waals surface area (Å²) in [5.41, 5.74) is 2.26. The molecule has 0 aromatic heterocycles. The van der Waals surface area contributed by atoms with Crippen LogP contribution in [-0.2, 0) is 0 Å². The molecule has 1 aromatic carbocycles. The summed E-state index contributed by atoms with van der Waals surface area (Å²) in [7, 11) is 0. The normalized spacial score (nSPS) is 16.1. The van der Waals surface area contributed by atoms with Crippen LogP contribution in [0.25, 0.3) is 0 Å². The Balaban J connectivity index is 2.32. The molecule has 0 amide bonds. The third-order valence-corrected chi connectivity index (χ3v) is 4.67. The average molecular weight is 330 g/mol. The quantitative estimate of drug-likeness (QED) is 0.302. The van der Waals surface area contributed by atoms with Gasteiger partial charge in [0.25, 0.3) is 0 Å². The van der Waals surface area contributed by atoms with Crippen LogP contribution in [-0.4, -0.2) is 30.3 Å². The number of nitrogens with one attached hydrogen (secondary N) is 1. The highest BCUT2D eigenvalue weighted by atomic mass is 32.2. The smallest absolute Gasteiger partial charge is 0.183 e. The van der Waals surface area contributed by atoms with Crippen LogP contribution in [0.2, 0.25) is 0 Å². The molecule has 0 bridgehead atoms. The molecule has 0 saturated carbocycles. The Morgan fingerprint density at radius 1 is 1.43 bits per heavy atom. The second-order valence-electron chi connectivity index (χ2n) is 5.79. The highest BCUT2D eigenvalue weighted by Gasteiger charge is 2.18. The zero-order valence-electron chi connectivity index (χ0n) is 13.8. The van der Waals surface area contributed by atoms with Crippen molar-refractivity contribution < 1.29 is 4.79 Å². The van der Waals surface area contributed by atoms with Gasteiger partial charge in [0.15, 0.2) is 17.1 Å². The summed E-state index contributed by atoms with van der Waals surface area (Å²) in [4.78, 5) is 18.7. The van der Waals surface area contributed by atoms with Gasteiger partial charge in [-0.25, -0.2) is 4.99 Å². The van der Waals surface area contributed by atoms with Crippen LogP contribution in [0, 0.1) is 17.4 Å². The summed E-state index contributed by atoms with van der Waals surface area (Å²) in [6.45, 7) is 5.87. The number of aliphatic imine (C=N–C) groups is 1. The number of hydrogen-bond acceptors (Lipinski definition) is 5. The van der Waals surface area contributed by atoms with Gasteiger partial charge in [0.05, 0.1) is 5.69 Å². The molecule has 1 aromatic rings. The first-order chi connectivity index (χ1) is 11.0. The van der Waals surface area contributed by atoms with Gasteiger partial charge in [0.2, 0.25) is 0 Å². The van der Waals surface area contributed by atoms with Crippen LogP contribution < -0.4 is 10.2 Å². The summed E-state index contributed by atoms with van der Waals surface area (Å²) >= 11 is 1.34. The van der Waals surface area contributed by atoms with E-state index in [9.17, 15) is 4.79 Å². The second-order valence-corrected chi connectivity index (χ2v) is 6.58. The number of piperidine rings is 1. The number of nitriles is 1. The van der Waals surface area contributed by atoms with Crippen molar-refractivity contribution in [3.05, 3.63) is 23.8 Å². The SMILES string of the molecule is CSC(=Nc1ccc(N2CCC(C)CC2)cc1C(C)=O)NC#N. The Hall–Kier alpha value is -2.00. The molecule has 0 atom stereocenters. The van der Waals surface area contributed by atoms with E-state index in [0.717, 1.165) is 24.7 Å². The van der Waals surface area contributed by atoms with E-state index < -0.39 is 0 Å². The molecule has 1 aliphatic heterocycles. The first-order valence-electron chi connectivity index (χ1n) is 7.73. The molecule has 0 radical (unpaired) electrons. The number of carbonyl (C=O) groups excluding carboxylic acids is 1. The van der Waals surface area contributed by atoms with Gasteiger partial charge in [0.1, 0.15) is 0 Å². The van der Waals surface area contributed by atoms with Crippen LogP contribution in [0.1, 0.15) is 37.0 Å². The number of hydrogen-bond donors (Lipinski definition) is 1. The van der Waals surface area contributed by atoms with Gasteiger partial charge in [-0.15, -0.1) is 0 Å². The van der Waals surface area contributed by atoms with E-state index in [0.29, 0.717) is 16.4 Å². The first-order valence-corrected chi connectivity index (χ1v) is 8.95. The molecule has 122 valence electrons. The zero-order valence-corrected chi connectivity index (χ0v) is 14.6. The van der Waals surface area contributed by atoms with Gasteiger partial charge in [-0.05, 0) is 50.1 Å². The lowest BCUT2D eigenvalue weighted by molar-refractivity contribution is 0.101. The van der Waals surface area contributed by atoms with Crippen molar-refractivity contribution in [2.75, 3.05) is 24.2 Å². The summed E-state index contributed by atoms with van der Waals surface area (Å²) in [5, 5.41) is 11.7. The number of carbonyl (C=O) groups is 1. The van der Waals surface area contributed by atoms with E-state index >= 15 is 0 Å². The number of amidine groups is 1. The van der Waals surface area contributed by atoms with Gasteiger partial charge >= 0.3 is 0 Å². The number of nitrogens with zero attached hydrogens (tertiary/aromatic N) is 3. The van der Waals surface area contributed by atoms with E-state index in [2.05, 4.69) is 22.1 Å². The van der Waals surface area contributed by atoms with Gasteiger partial charge in [0, 0.05) is 24.3 Å². The van der Waals surface area contributed by atoms with Crippen molar-refractivity contribution in [2.45, 2.75) is 26.7 Å². The van der Waals surface area contributed by atoms with Crippen LogP contribution in [0.4, 0.5) is 11.4 Å². The fourth-order valence-electron chi connectivity index (χ4n) is 2.65. The van der Waals surface area contributed by atoms with E-state index in [-0.39, 0.29) is 5.78 Å². The maximum atomic E-state index is 12.0. The third kappa shape index (κ3) is 4.49. The summed E-state index contributed by atoms with van der Waals surface area (Å²) in [6.07, 6.45) is 6.05. The molecule has 1 saturated heterocycles. The minimum Gasteiger partial charge on any atom is -0.371 e. The summed E-state index contributed by atoms with van der Waals surface area (Å²) < 4.78 is 0. The second kappa shape index (κ2) is 8.02. The maximum Gasteiger partial charge on any atom is 0.183 e. The largest absolute Gasteiger partial charge is 0.371 e. The monoisotopic (exact) mass is 330 g/mol. The molecule has 0 aliphatic carbocycles. The Labute approximate surface area is 141 Å². The van der Waals surface area contributed by atoms with Crippen LogP contribution in [0.3, 0.4) is 0 Å². The highest BCUT2D eigenvalue weighted by Crippen LogP contribution is 2.29. The molecule has 0 spiro atoms. The lowest BCUT2D eigenvalue weighted by Crippen LogP contribution is -2.32. The van der Waals surface area contributed by atoms with Crippen LogP contribution in [0.5, 0.6) is 0 Å². The number of Topliss-reactive ketones (excluding diaryl/α,β-unsaturated/α-hetero) is 1. The molecule has 1 heterocycles. The maximum absolute atomic E-state index is 12.0. The minimum absolute atomic E-state index is 0.0200. The van der Waals surface area contributed by atoms with Gasteiger partial charge in [-0.3, -0.25) is 10.1 Å². The van der Waals surface area contributed by atoms with Gasteiger partial charge in [-0.2, -0.15) is 5.26 Å². The zero-order chi connectivity index (χ0) is 16.8. The molecule has 2 rings (SSSR count). The molecule has 1 N–H and O–H groups in total. The van der Waals surface area contributed by atoms with Gasteiger partial charge < -0.3 is 4.90 Å². The standard InChI is InChI=1S/C17H22N4OS/c1-12-6-8-21(9-7-12)14-4-5-16(15(10-14)13(2)22)20-17(23-3)19-11-18/h4-5,10,12H,6-9H2,1-3H3,(H,19,20). The molecule has 1 aliphatic rings. The van der Waals surface area contributed by atoms with Gasteiger partial charge in [-0.1, -0.05) is 18.7 Å². The summed E-state index contributed by atoms with van der Waals surface area (Å²) in [6, 6.07) is 5.78. The fraction of sp³-hybridized carbons (Fsp3) is 0.471. The van der Waals surface area contributed by atoms with Crippen LogP contribution in [0.15, 0.2) is 23.2 Å². The number of benzene rings is 1. The predicted molar refractivity (Wildman–Crippen MR) is 96.4 cm³/mol. The lowest BCUT2D eigenvalue weighted by atomic mass is 9.98. The van der Waals surface area contributed by atoms with Crippen molar-refractivity contribution in [3.8, 4) is 6.19 Å². The highest BCUT2D eigenvalue weighted by molar-refractivity contribution is 8.13. The summed E-state index contributed by atoms with van der Waals surface area (Å²) in [5.74, 6) is 0.747. The first kappa shape index (κ1) is 17.4. The van der Waals surface area contributed by atoms with Crippen molar-refractivity contribution in [3.63, 3.8) is 0 Å². The van der Waals surface area contributed by atoms with Crippen molar-refractivity contribution in [1.29, 1.82) is 5.26 Å². The number of anilines is 1. The van der Waals surface area contributed by atoms with E-state index in [4.69, 9.17) is 5.26 Å². The molecule has 23 heavy (non-hydrogen) atoms. The van der Waals surface area contributed by atoms with E-state index in [1.807, 2.05) is 30.6 Å². The Bertz CT molecular complexity index is 642. The Morgan fingerprint density at radius 3 is 2.70 bits per heavy atom. The lowest BCUT2D eigenvalue weighted by Gasteiger charge is -2.32. The Morgan fingerprint density at radius 2 is 2.13 bits per heavy atom. The molecule has 0 unspecified atom stereocenters. The molecule has 1 fully saturated rings. The van der Waals surface area contributed by atoms with Crippen molar-refractivity contribution >= 4 is 34.1 Å². The van der Waals surface area contributed by atoms with E-state index in [1.54, 1.807) is 6.92 Å². The number of ketones is 1. The molecular weight excluding hydrogens is 308 g/mol. The molecule has 6 heteroatoms.